The Balaban J connectivity index is 1.69. The van der Waals surface area contributed by atoms with E-state index in [4.69, 9.17) is 0 Å². The van der Waals surface area contributed by atoms with Gasteiger partial charge in [-0.3, -0.25) is 9.98 Å². The summed E-state index contributed by atoms with van der Waals surface area (Å²) in [5.41, 5.74) is 6.62. The van der Waals surface area contributed by atoms with E-state index in [1.54, 1.807) is 0 Å². The lowest BCUT2D eigenvalue weighted by atomic mass is 10.2. The van der Waals surface area contributed by atoms with Gasteiger partial charge in [-0.2, -0.15) is 0 Å². The number of nitrogens with zero attached hydrogens (tertiary/aromatic N) is 3. The zero-order valence-electron chi connectivity index (χ0n) is 14.3. The fourth-order valence-corrected chi connectivity index (χ4v) is 3.18. The van der Waals surface area contributed by atoms with Gasteiger partial charge in [-0.1, -0.05) is 24.3 Å². The summed E-state index contributed by atoms with van der Waals surface area (Å²) in [5.74, 6) is 0. The molecule has 0 unspecified atom stereocenters. The second-order valence-electron chi connectivity index (χ2n) is 6.14. The van der Waals surface area contributed by atoms with Crippen molar-refractivity contribution in [1.29, 1.82) is 0 Å². The van der Waals surface area contributed by atoms with Crippen LogP contribution in [0.1, 0.15) is 17.0 Å². The van der Waals surface area contributed by atoms with Crippen molar-refractivity contribution in [3.05, 3.63) is 89.9 Å². The van der Waals surface area contributed by atoms with E-state index in [0.717, 1.165) is 22.2 Å². The fourth-order valence-electron chi connectivity index (χ4n) is 3.18. The van der Waals surface area contributed by atoms with Crippen LogP contribution < -0.4 is 0 Å². The van der Waals surface area contributed by atoms with E-state index in [2.05, 4.69) is 70.9 Å². The molecule has 0 aliphatic heterocycles. The molecule has 4 rings (SSSR count). The Morgan fingerprint density at radius 1 is 0.920 bits per heavy atom. The molecule has 0 N–H and O–H groups in total. The molecule has 2 heterocycles. The lowest BCUT2D eigenvalue weighted by Crippen LogP contribution is -1.98. The maximum absolute atomic E-state index is 4.67. The smallest absolute Gasteiger partial charge is 0.0703 e. The minimum absolute atomic E-state index is 0.935. The van der Waals surface area contributed by atoms with Crippen LogP contribution in [0.2, 0.25) is 0 Å². The Labute approximate surface area is 147 Å². The largest absolute Gasteiger partial charge is 0.318 e. The molecule has 0 saturated carbocycles. The van der Waals surface area contributed by atoms with E-state index >= 15 is 0 Å². The van der Waals surface area contributed by atoms with Crippen molar-refractivity contribution in [2.24, 2.45) is 4.99 Å². The standard InChI is InChI=1S/C22H19N3/c1-16-13-19(17(2)25(16)21-8-4-3-5-9-21)15-24-20-10-11-22-18(14-20)7-6-12-23-22/h3-15H,1-2H3. The van der Waals surface area contributed by atoms with Crippen LogP contribution in [-0.4, -0.2) is 15.8 Å². The first-order valence-electron chi connectivity index (χ1n) is 8.35. The van der Waals surface area contributed by atoms with Crippen molar-refractivity contribution in [1.82, 2.24) is 9.55 Å². The molecule has 25 heavy (non-hydrogen) atoms. The van der Waals surface area contributed by atoms with E-state index in [1.165, 1.54) is 17.1 Å². The van der Waals surface area contributed by atoms with Crippen LogP contribution in [0.25, 0.3) is 16.6 Å². The third-order valence-electron chi connectivity index (χ3n) is 4.42. The fraction of sp³-hybridized carbons (Fsp3) is 0.0909. The molecule has 4 aromatic rings. The van der Waals surface area contributed by atoms with Crippen LogP contribution >= 0.6 is 0 Å². The Hall–Kier alpha value is -3.20. The van der Waals surface area contributed by atoms with Crippen LogP contribution in [0.15, 0.2) is 77.9 Å². The number of hydrogen-bond acceptors (Lipinski definition) is 2. The number of aromatic nitrogens is 2. The summed E-state index contributed by atoms with van der Waals surface area (Å²) in [7, 11) is 0. The van der Waals surface area contributed by atoms with Gasteiger partial charge in [0.25, 0.3) is 0 Å². The molecule has 3 heteroatoms. The molecular weight excluding hydrogens is 306 g/mol. The molecule has 0 aliphatic carbocycles. The third kappa shape index (κ3) is 2.96. The number of fused-ring (bicyclic) bond motifs is 1. The van der Waals surface area contributed by atoms with Crippen molar-refractivity contribution in [3.8, 4) is 5.69 Å². The van der Waals surface area contributed by atoms with Crippen LogP contribution in [0.4, 0.5) is 5.69 Å². The summed E-state index contributed by atoms with van der Waals surface area (Å²) in [4.78, 5) is 9.02. The minimum atomic E-state index is 0.935. The van der Waals surface area contributed by atoms with Crippen molar-refractivity contribution in [2.45, 2.75) is 13.8 Å². The molecule has 0 spiro atoms. The monoisotopic (exact) mass is 325 g/mol. The normalized spacial score (nSPS) is 11.4. The summed E-state index contributed by atoms with van der Waals surface area (Å²) in [6, 6.07) is 22.7. The van der Waals surface area contributed by atoms with Gasteiger partial charge in [0.05, 0.1) is 11.2 Å². The van der Waals surface area contributed by atoms with Crippen molar-refractivity contribution in [3.63, 3.8) is 0 Å². The van der Waals surface area contributed by atoms with E-state index < -0.39 is 0 Å². The molecule has 0 atom stereocenters. The Morgan fingerprint density at radius 3 is 2.60 bits per heavy atom. The maximum Gasteiger partial charge on any atom is 0.0703 e. The van der Waals surface area contributed by atoms with Gasteiger partial charge in [0.15, 0.2) is 0 Å². The average Bonchev–Trinajstić information content (AvgIpc) is 2.94. The van der Waals surface area contributed by atoms with Crippen molar-refractivity contribution >= 4 is 22.8 Å². The SMILES string of the molecule is Cc1cc(C=Nc2ccc3ncccc3c2)c(C)n1-c1ccccc1. The first-order chi connectivity index (χ1) is 12.2. The highest BCUT2D eigenvalue weighted by atomic mass is 15.0. The van der Waals surface area contributed by atoms with Crippen LogP contribution in [0, 0.1) is 13.8 Å². The van der Waals surface area contributed by atoms with E-state index in [0.29, 0.717) is 0 Å². The minimum Gasteiger partial charge on any atom is -0.318 e. The number of rotatable bonds is 3. The molecule has 3 nitrogen and oxygen atoms in total. The van der Waals surface area contributed by atoms with Gasteiger partial charge >= 0.3 is 0 Å². The van der Waals surface area contributed by atoms with Gasteiger partial charge in [0, 0.05) is 40.4 Å². The van der Waals surface area contributed by atoms with E-state index in [9.17, 15) is 0 Å². The highest BCUT2D eigenvalue weighted by Gasteiger charge is 2.08. The number of benzene rings is 2. The summed E-state index contributed by atoms with van der Waals surface area (Å²) in [6.07, 6.45) is 3.75. The summed E-state index contributed by atoms with van der Waals surface area (Å²) < 4.78 is 2.26. The lowest BCUT2D eigenvalue weighted by molar-refractivity contribution is 0.965. The Bertz CT molecular complexity index is 1060. The van der Waals surface area contributed by atoms with Gasteiger partial charge in [0.2, 0.25) is 0 Å². The lowest BCUT2D eigenvalue weighted by Gasteiger charge is -2.08. The average molecular weight is 325 g/mol. The Morgan fingerprint density at radius 2 is 1.76 bits per heavy atom. The number of aryl methyl sites for hydroxylation is 1. The van der Waals surface area contributed by atoms with Crippen LogP contribution in [0.5, 0.6) is 0 Å². The predicted molar refractivity (Wildman–Crippen MR) is 104 cm³/mol. The van der Waals surface area contributed by atoms with E-state index in [1.807, 2.05) is 36.7 Å². The molecule has 0 radical (unpaired) electrons. The highest BCUT2D eigenvalue weighted by molar-refractivity contribution is 5.87. The molecule has 2 aromatic carbocycles. The molecule has 0 aliphatic rings. The van der Waals surface area contributed by atoms with Crippen LogP contribution in [0.3, 0.4) is 0 Å². The van der Waals surface area contributed by atoms with Crippen LogP contribution in [-0.2, 0) is 0 Å². The van der Waals surface area contributed by atoms with E-state index in [-0.39, 0.29) is 0 Å². The van der Waals surface area contributed by atoms with Gasteiger partial charge in [0.1, 0.15) is 0 Å². The maximum atomic E-state index is 4.67. The zero-order chi connectivity index (χ0) is 17.2. The van der Waals surface area contributed by atoms with Crippen molar-refractivity contribution in [2.75, 3.05) is 0 Å². The van der Waals surface area contributed by atoms with Gasteiger partial charge in [-0.25, -0.2) is 0 Å². The van der Waals surface area contributed by atoms with Gasteiger partial charge < -0.3 is 4.57 Å². The topological polar surface area (TPSA) is 30.2 Å². The number of para-hydroxylation sites is 1. The molecule has 122 valence electrons. The second kappa shape index (κ2) is 6.36. The summed E-state index contributed by atoms with van der Waals surface area (Å²) in [5, 5.41) is 1.10. The first kappa shape index (κ1) is 15.3. The predicted octanol–water partition coefficient (Wildman–Crippen LogP) is 5.39. The Kier molecular flexibility index (Phi) is 3.90. The number of aliphatic imine (C=N–C) groups is 1. The van der Waals surface area contributed by atoms with Gasteiger partial charge in [-0.15, -0.1) is 0 Å². The second-order valence-corrected chi connectivity index (χ2v) is 6.14. The quantitative estimate of drug-likeness (QED) is 0.464. The third-order valence-corrected chi connectivity index (χ3v) is 4.42. The molecule has 0 saturated heterocycles. The number of pyridine rings is 1. The highest BCUT2D eigenvalue weighted by Crippen LogP contribution is 2.22. The van der Waals surface area contributed by atoms with Gasteiger partial charge in [-0.05, 0) is 56.3 Å². The zero-order valence-corrected chi connectivity index (χ0v) is 14.3. The molecular formula is C22H19N3. The first-order valence-corrected chi connectivity index (χ1v) is 8.35. The van der Waals surface area contributed by atoms with Crippen molar-refractivity contribution < 1.29 is 0 Å². The molecule has 2 aromatic heterocycles. The molecule has 0 amide bonds. The molecule has 0 fully saturated rings. The number of hydrogen-bond donors (Lipinski definition) is 0. The summed E-state index contributed by atoms with van der Waals surface area (Å²) >= 11 is 0. The molecule has 0 bridgehead atoms. The summed E-state index contributed by atoms with van der Waals surface area (Å²) in [6.45, 7) is 4.25.